The fraction of sp³-hybridized carbons (Fsp3) is 0.400. The van der Waals surface area contributed by atoms with E-state index in [9.17, 15) is 9.90 Å². The molecule has 0 fully saturated rings. The molecule has 6 nitrogen and oxygen atoms in total. The van der Waals surface area contributed by atoms with Crippen LogP contribution in [0.4, 0.5) is 0 Å². The maximum atomic E-state index is 10.3. The van der Waals surface area contributed by atoms with Crippen molar-refractivity contribution < 1.29 is 30.0 Å². The number of hydrogen-bond acceptors (Lipinski definition) is 4. The van der Waals surface area contributed by atoms with Crippen molar-refractivity contribution in [2.75, 3.05) is 0 Å². The van der Waals surface area contributed by atoms with Crippen molar-refractivity contribution in [1.82, 2.24) is 0 Å². The van der Waals surface area contributed by atoms with E-state index in [4.69, 9.17) is 20.1 Å². The molecule has 90 valence electrons. The van der Waals surface area contributed by atoms with Gasteiger partial charge in [-0.15, -0.1) is 0 Å². The lowest BCUT2D eigenvalue weighted by Gasteiger charge is -2.21. The Morgan fingerprint density at radius 1 is 1.25 bits per heavy atom. The second kappa shape index (κ2) is 6.04. The predicted octanol–water partition coefficient (Wildman–Crippen LogP) is -0.230. The third-order valence-electron chi connectivity index (χ3n) is 1.60. The van der Waals surface area contributed by atoms with E-state index in [1.54, 1.807) is 0 Å². The number of hydrogen-bond donors (Lipinski definition) is 4. The zero-order valence-electron chi connectivity index (χ0n) is 8.70. The Labute approximate surface area is 92.1 Å². The summed E-state index contributed by atoms with van der Waals surface area (Å²) in [5, 5.41) is 34.3. The number of carboxylic acids is 2. The van der Waals surface area contributed by atoms with Gasteiger partial charge in [0.2, 0.25) is 0 Å². The van der Waals surface area contributed by atoms with Crippen LogP contribution in [0.2, 0.25) is 0 Å². The molecule has 4 N–H and O–H groups in total. The Kier molecular flexibility index (Phi) is 5.41. The Morgan fingerprint density at radius 3 is 1.94 bits per heavy atom. The molecule has 0 unspecified atom stereocenters. The van der Waals surface area contributed by atoms with Crippen molar-refractivity contribution in [2.24, 2.45) is 0 Å². The summed E-state index contributed by atoms with van der Waals surface area (Å²) in [6.45, 7) is 1.08. The van der Waals surface area contributed by atoms with Crippen molar-refractivity contribution in [3.8, 4) is 0 Å². The molecule has 1 rings (SSSR count). The molecule has 0 aliphatic heterocycles. The lowest BCUT2D eigenvalue weighted by atomic mass is 9.94. The van der Waals surface area contributed by atoms with Crippen LogP contribution in [-0.2, 0) is 9.59 Å². The smallest absolute Gasteiger partial charge is 0.306 e. The van der Waals surface area contributed by atoms with Crippen LogP contribution in [-0.4, -0.2) is 44.1 Å². The Bertz CT molecular complexity index is 299. The zero-order valence-corrected chi connectivity index (χ0v) is 8.70. The molecule has 0 amide bonds. The van der Waals surface area contributed by atoms with Crippen molar-refractivity contribution in [3.63, 3.8) is 0 Å². The Hall–Kier alpha value is -1.66. The van der Waals surface area contributed by atoms with Crippen LogP contribution in [0, 0.1) is 0 Å². The molecule has 6 heteroatoms. The minimum Gasteiger partial charge on any atom is -0.481 e. The van der Waals surface area contributed by atoms with Gasteiger partial charge in [0.1, 0.15) is 5.60 Å². The maximum absolute atomic E-state index is 10.3. The molecule has 0 bridgehead atoms. The van der Waals surface area contributed by atoms with Crippen molar-refractivity contribution in [1.29, 1.82) is 0 Å². The molecule has 0 heterocycles. The van der Waals surface area contributed by atoms with Gasteiger partial charge in [-0.1, -0.05) is 12.2 Å². The molecule has 0 aromatic rings. The predicted molar refractivity (Wildman–Crippen MR) is 54.8 cm³/mol. The van der Waals surface area contributed by atoms with E-state index in [2.05, 4.69) is 0 Å². The van der Waals surface area contributed by atoms with E-state index >= 15 is 0 Å². The first kappa shape index (κ1) is 14.3. The van der Waals surface area contributed by atoms with Gasteiger partial charge in [-0.2, -0.15) is 0 Å². The third-order valence-corrected chi connectivity index (χ3v) is 1.60. The van der Waals surface area contributed by atoms with E-state index in [1.165, 1.54) is 24.3 Å². The second-order valence-electron chi connectivity index (χ2n) is 3.29. The molecule has 16 heavy (non-hydrogen) atoms. The number of aliphatic carboxylic acids is 2. The van der Waals surface area contributed by atoms with Crippen LogP contribution in [0.5, 0.6) is 0 Å². The lowest BCUT2D eigenvalue weighted by Crippen LogP contribution is -2.29. The molecule has 0 saturated heterocycles. The summed E-state index contributed by atoms with van der Waals surface area (Å²) in [5.74, 6) is -1.91. The average Bonchev–Trinajstić information content (AvgIpc) is 2.08. The number of rotatable bonds is 2. The van der Waals surface area contributed by atoms with Gasteiger partial charge >= 0.3 is 5.97 Å². The van der Waals surface area contributed by atoms with E-state index in [0.717, 1.165) is 6.92 Å². The molecule has 0 aromatic carbocycles. The van der Waals surface area contributed by atoms with Gasteiger partial charge in [-0.25, -0.2) is 0 Å². The average molecular weight is 230 g/mol. The van der Waals surface area contributed by atoms with E-state index in [1.807, 2.05) is 0 Å². The zero-order chi connectivity index (χ0) is 12.8. The SMILES string of the molecule is CC(=O)O.O=C(O)CC1(O)C=CC(O)C=C1. The van der Waals surface area contributed by atoms with Crippen LogP contribution in [0.3, 0.4) is 0 Å². The summed E-state index contributed by atoms with van der Waals surface area (Å²) in [6, 6.07) is 0. The standard InChI is InChI=1S/C8H10O4.C2H4O2/c9-6-1-3-8(12,4-2-6)5-7(10)11;1-2(3)4/h1-4,6,9,12H,5H2,(H,10,11);1H3,(H,3,4). The number of aliphatic hydroxyl groups is 2. The topological polar surface area (TPSA) is 115 Å². The first-order chi connectivity index (χ1) is 7.25. The highest BCUT2D eigenvalue weighted by Gasteiger charge is 2.26. The molecular weight excluding hydrogens is 216 g/mol. The van der Waals surface area contributed by atoms with Gasteiger partial charge < -0.3 is 20.4 Å². The van der Waals surface area contributed by atoms with E-state index in [0.29, 0.717) is 0 Å². The number of aliphatic hydroxyl groups excluding tert-OH is 1. The quantitative estimate of drug-likeness (QED) is 0.487. The van der Waals surface area contributed by atoms with Gasteiger partial charge in [0, 0.05) is 6.92 Å². The molecule has 0 saturated carbocycles. The van der Waals surface area contributed by atoms with Crippen molar-refractivity contribution in [2.45, 2.75) is 25.0 Å². The van der Waals surface area contributed by atoms with Gasteiger partial charge in [0.05, 0.1) is 12.5 Å². The van der Waals surface area contributed by atoms with Crippen LogP contribution >= 0.6 is 0 Å². The highest BCUT2D eigenvalue weighted by molar-refractivity contribution is 5.69. The fourth-order valence-corrected chi connectivity index (χ4v) is 1.01. The normalized spacial score (nSPS) is 26.8. The molecule has 0 spiro atoms. The Morgan fingerprint density at radius 2 is 1.62 bits per heavy atom. The third kappa shape index (κ3) is 6.74. The van der Waals surface area contributed by atoms with Crippen LogP contribution in [0.15, 0.2) is 24.3 Å². The summed E-state index contributed by atoms with van der Waals surface area (Å²) >= 11 is 0. The largest absolute Gasteiger partial charge is 0.481 e. The molecule has 0 atom stereocenters. The van der Waals surface area contributed by atoms with Gasteiger partial charge in [0.15, 0.2) is 0 Å². The van der Waals surface area contributed by atoms with Crippen LogP contribution in [0.25, 0.3) is 0 Å². The lowest BCUT2D eigenvalue weighted by molar-refractivity contribution is -0.140. The van der Waals surface area contributed by atoms with E-state index in [-0.39, 0.29) is 6.42 Å². The number of carboxylic acid groups (broad SMARTS) is 2. The highest BCUT2D eigenvalue weighted by atomic mass is 16.4. The minimum absolute atomic E-state index is 0.382. The van der Waals surface area contributed by atoms with Gasteiger partial charge in [-0.05, 0) is 12.2 Å². The van der Waals surface area contributed by atoms with Gasteiger partial charge in [0.25, 0.3) is 5.97 Å². The Balaban J connectivity index is 0.000000487. The first-order valence-electron chi connectivity index (χ1n) is 4.46. The summed E-state index contributed by atoms with van der Waals surface area (Å²) in [4.78, 5) is 19.3. The molecule has 0 aromatic heterocycles. The van der Waals surface area contributed by atoms with Crippen molar-refractivity contribution >= 4 is 11.9 Å². The molecule has 1 aliphatic carbocycles. The number of carbonyl (C=O) groups is 2. The van der Waals surface area contributed by atoms with Crippen LogP contribution < -0.4 is 0 Å². The first-order valence-corrected chi connectivity index (χ1v) is 4.46. The second-order valence-corrected chi connectivity index (χ2v) is 3.29. The van der Waals surface area contributed by atoms with Gasteiger partial charge in [-0.3, -0.25) is 9.59 Å². The summed E-state index contributed by atoms with van der Waals surface area (Å²) in [6.07, 6.45) is 4.16. The highest BCUT2D eigenvalue weighted by Crippen LogP contribution is 2.18. The molecular formula is C10H14O6. The minimum atomic E-state index is -1.44. The fourth-order valence-electron chi connectivity index (χ4n) is 1.01. The van der Waals surface area contributed by atoms with Crippen molar-refractivity contribution in [3.05, 3.63) is 24.3 Å². The maximum Gasteiger partial charge on any atom is 0.306 e. The summed E-state index contributed by atoms with van der Waals surface area (Å²) in [7, 11) is 0. The van der Waals surface area contributed by atoms with Crippen LogP contribution in [0.1, 0.15) is 13.3 Å². The summed E-state index contributed by atoms with van der Waals surface area (Å²) in [5.41, 5.74) is -1.44. The molecule has 0 radical (unpaired) electrons. The monoisotopic (exact) mass is 230 g/mol. The van der Waals surface area contributed by atoms with E-state index < -0.39 is 23.6 Å². The molecule has 1 aliphatic rings. The summed E-state index contributed by atoms with van der Waals surface area (Å²) < 4.78 is 0.